The van der Waals surface area contributed by atoms with Gasteiger partial charge in [-0.1, -0.05) is 36.4 Å². The highest BCUT2D eigenvalue weighted by Gasteiger charge is 2.44. The summed E-state index contributed by atoms with van der Waals surface area (Å²) in [7, 11) is 0. The molecule has 100 heavy (non-hydrogen) atoms. The fourth-order valence-corrected chi connectivity index (χ4v) is 14.0. The number of ketones is 1. The maximum absolute atomic E-state index is 15.3. The summed E-state index contributed by atoms with van der Waals surface area (Å²) in [6, 6.07) is 6.24. The lowest BCUT2D eigenvalue weighted by Crippen LogP contribution is -2.60. The maximum atomic E-state index is 15.3. The lowest BCUT2D eigenvalue weighted by atomic mass is 9.75. The number of fused-ring (bicyclic) bond motifs is 5. The van der Waals surface area contributed by atoms with Crippen molar-refractivity contribution >= 4 is 75.8 Å². The molecule has 2 aliphatic carbocycles. The van der Waals surface area contributed by atoms with Crippen LogP contribution >= 0.6 is 0 Å². The molecule has 3 fully saturated rings. The fraction of sp³-hybridized carbons (Fsp3) is 0.514. The van der Waals surface area contributed by atoms with Crippen molar-refractivity contribution in [2.24, 2.45) is 35.1 Å². The molecule has 1 saturated heterocycles. The van der Waals surface area contributed by atoms with Crippen molar-refractivity contribution in [2.75, 3.05) is 32.8 Å². The Morgan fingerprint density at radius 3 is 2.13 bits per heavy atom. The average molecular weight is 1390 g/mol. The minimum atomic E-state index is -1.98. The Labute approximate surface area is 575 Å². The van der Waals surface area contributed by atoms with E-state index in [1.807, 2.05) is 0 Å². The van der Waals surface area contributed by atoms with Gasteiger partial charge in [-0.2, -0.15) is 0 Å². The van der Waals surface area contributed by atoms with Crippen LogP contribution in [0.4, 0.5) is 8.78 Å². The zero-order chi connectivity index (χ0) is 71.4. The molecule has 2 bridgehead atoms. The van der Waals surface area contributed by atoms with E-state index >= 15 is 18.8 Å². The Balaban J connectivity index is 1.04. The Bertz CT molecular complexity index is 3710. The number of aromatic nitrogens is 3. The number of nitrogens with one attached hydrogen (secondary N) is 9. The van der Waals surface area contributed by atoms with Gasteiger partial charge in [0, 0.05) is 67.6 Å². The molecular formula is C70H89F2N13O15. The number of imidazole rings is 1. The lowest BCUT2D eigenvalue weighted by Gasteiger charge is -2.33. The molecule has 3 aromatic carbocycles. The number of phenolic OH excluding ortho intramolecular Hbond substituents is 1. The van der Waals surface area contributed by atoms with Gasteiger partial charge in [0.2, 0.25) is 53.2 Å². The number of alkyl halides is 1. The number of hydrogen-bond acceptors (Lipinski definition) is 16. The topological polar surface area (TPSA) is 431 Å². The highest BCUT2D eigenvalue weighted by Crippen LogP contribution is 2.48. The van der Waals surface area contributed by atoms with E-state index in [2.05, 4.69) is 52.2 Å². The standard InChI is InChI=1S/C70H89F2N13O15/c71-46-14-13-42-11-12-43(50(42)28-46)25-55-67(95)83-57(31-63(90)91)69(97)82-56(30-48-33-75-38-78-48)68(96)84-58(24-39-9-16-49(86)17-10-39)70(98)85-21-4-8-59(85)60(87)27-45(64(74)92)37-100-36-41-6-3-5-40(23-41)35-99-22-19-61(88)79-53(7-1-2-20-73)65(93)77-34-62(89)80-54(66(94)81-55)26-44-32-76-52-18-15-47(72)29-51(44)52/h3,5-6,9-10,15-18,23,29,32-33,38,42-43,45-46,50,53-59,76,86H,1-2,4,7-8,11-14,19-22,24-28,30-31,34-37,73H2,(H2,74,92)(H,75,78)(H,77,93)(H,79,88)(H,80,89)(H,81,94)(H,82,97)(H,83,95)(H,84,96)(H,90,91)/t42?,43?,45-,46?,50?,53-,54-,55-,56-,57-,58-,59-/m0/s1. The first-order valence-corrected chi connectivity index (χ1v) is 34.1. The number of carbonyl (C=O) groups is 11. The second-order valence-corrected chi connectivity index (χ2v) is 26.4. The molecule has 2 aliphatic heterocycles. The number of hydrogen-bond donors (Lipinski definition) is 13. The highest BCUT2D eigenvalue weighted by atomic mass is 19.1. The number of ether oxygens (including phenoxy) is 2. The van der Waals surface area contributed by atoms with Crippen molar-refractivity contribution in [1.29, 1.82) is 0 Å². The van der Waals surface area contributed by atoms with Gasteiger partial charge in [-0.25, -0.2) is 13.8 Å². The molecule has 9 amide bonds. The van der Waals surface area contributed by atoms with Gasteiger partial charge in [-0.15, -0.1) is 0 Å². The molecule has 4 heterocycles. The minimum Gasteiger partial charge on any atom is -0.508 e. The lowest BCUT2D eigenvalue weighted by molar-refractivity contribution is -0.143. The van der Waals surface area contributed by atoms with Gasteiger partial charge in [-0.3, -0.25) is 52.7 Å². The van der Waals surface area contributed by atoms with Gasteiger partial charge >= 0.3 is 5.97 Å². The predicted octanol–water partition coefficient (Wildman–Crippen LogP) is 2.14. The average Bonchev–Trinajstić information content (AvgIpc) is 1.64. The van der Waals surface area contributed by atoms with Crippen LogP contribution < -0.4 is 48.7 Å². The van der Waals surface area contributed by atoms with Gasteiger partial charge in [0.25, 0.3) is 0 Å². The van der Waals surface area contributed by atoms with Crippen molar-refractivity contribution in [3.8, 4) is 5.75 Å². The zero-order valence-electron chi connectivity index (χ0n) is 55.5. The molecule has 2 aromatic heterocycles. The van der Waals surface area contributed by atoms with Gasteiger partial charge in [0.1, 0.15) is 54.0 Å². The summed E-state index contributed by atoms with van der Waals surface area (Å²) < 4.78 is 41.9. The Kier molecular flexibility index (Phi) is 26.8. The van der Waals surface area contributed by atoms with Gasteiger partial charge < -0.3 is 83.2 Å². The second kappa shape index (κ2) is 35.9. The highest BCUT2D eigenvalue weighted by molar-refractivity contribution is 5.99. The van der Waals surface area contributed by atoms with E-state index in [0.717, 1.165) is 0 Å². The van der Waals surface area contributed by atoms with Crippen LogP contribution in [0.5, 0.6) is 5.75 Å². The van der Waals surface area contributed by atoms with Crippen molar-refractivity contribution < 1.29 is 81.2 Å². The number of carboxylic acids is 1. The number of nitrogens with two attached hydrogens (primary N) is 2. The zero-order valence-corrected chi connectivity index (χ0v) is 55.5. The van der Waals surface area contributed by atoms with E-state index in [0.29, 0.717) is 78.1 Å². The molecule has 28 nitrogen and oxygen atoms in total. The van der Waals surface area contributed by atoms with E-state index in [4.69, 9.17) is 20.9 Å². The first-order chi connectivity index (χ1) is 48.1. The minimum absolute atomic E-state index is 0.0125. The third-order valence-corrected chi connectivity index (χ3v) is 19.2. The van der Waals surface area contributed by atoms with Crippen LogP contribution in [0.15, 0.2) is 85.5 Å². The Morgan fingerprint density at radius 2 is 1.40 bits per heavy atom. The largest absolute Gasteiger partial charge is 0.508 e. The smallest absolute Gasteiger partial charge is 0.305 e. The third kappa shape index (κ3) is 21.2. The number of aliphatic carboxylic acids is 1. The number of rotatable bonds is 15. The molecule has 538 valence electrons. The van der Waals surface area contributed by atoms with Crippen LogP contribution in [-0.2, 0) is 94.7 Å². The first kappa shape index (κ1) is 74.5. The van der Waals surface area contributed by atoms with Crippen LogP contribution in [0.3, 0.4) is 0 Å². The summed E-state index contributed by atoms with van der Waals surface area (Å²) in [6.45, 7) is -0.676. The number of halogens is 2. The van der Waals surface area contributed by atoms with Crippen LogP contribution in [0.25, 0.3) is 10.9 Å². The monoisotopic (exact) mass is 1390 g/mol. The molecule has 2 saturated carbocycles. The summed E-state index contributed by atoms with van der Waals surface area (Å²) in [5.41, 5.74) is 14.5. The molecule has 4 unspecified atom stereocenters. The Hall–Kier alpha value is -9.68. The Morgan fingerprint density at radius 1 is 0.710 bits per heavy atom. The van der Waals surface area contributed by atoms with Crippen molar-refractivity contribution in [3.05, 3.63) is 119 Å². The summed E-state index contributed by atoms with van der Waals surface area (Å²) in [5.74, 6) is -12.4. The van der Waals surface area contributed by atoms with E-state index in [9.17, 15) is 53.0 Å². The number of phenols is 1. The third-order valence-electron chi connectivity index (χ3n) is 19.2. The molecule has 9 rings (SSSR count). The molecule has 4 aliphatic rings. The molecule has 12 atom stereocenters. The number of H-pyrrole nitrogens is 2. The quantitative estimate of drug-likeness (QED) is 0.0668. The maximum Gasteiger partial charge on any atom is 0.305 e. The number of nitrogens with zero attached hydrogens (tertiary/aromatic N) is 2. The molecule has 15 N–H and O–H groups in total. The number of aromatic amines is 2. The molecule has 30 heteroatoms. The van der Waals surface area contributed by atoms with Crippen LogP contribution in [0, 0.1) is 29.5 Å². The molecule has 0 radical (unpaired) electrons. The number of aromatic hydroxyl groups is 1. The summed E-state index contributed by atoms with van der Waals surface area (Å²) in [5, 5.41) is 39.3. The van der Waals surface area contributed by atoms with Crippen LogP contribution in [-0.4, -0.2) is 176 Å². The number of carboxylic acid groups (broad SMARTS) is 1. The fourth-order valence-electron chi connectivity index (χ4n) is 14.0. The molecule has 5 aromatic rings. The normalized spacial score (nSPS) is 26.6. The molecular weight excluding hydrogens is 1300 g/mol. The number of primary amides is 1. The van der Waals surface area contributed by atoms with Gasteiger partial charge in [-0.05, 0) is 148 Å². The predicted molar refractivity (Wildman–Crippen MR) is 356 cm³/mol. The van der Waals surface area contributed by atoms with E-state index < -0.39 is 145 Å². The number of Topliss-reactive ketones (excluding diaryl/α,β-unsaturated/α-hetero) is 1. The van der Waals surface area contributed by atoms with E-state index in [-0.39, 0.29) is 120 Å². The van der Waals surface area contributed by atoms with Crippen LogP contribution in [0.2, 0.25) is 0 Å². The SMILES string of the molecule is NCCCC[C@@H]1NC(=O)CCOCc2cccc(c2)COC[C@@H](C(N)=O)CC(=O)[C@@H]2CCCN2C(=O)[C@H](Cc2ccc(O)cc2)NC(=O)[C@H](Cc2cnc[nH]2)NC(=O)[C@H](CC(=O)O)NC(=O)[C@H](CC2CCC3CCC(F)CC32)NC(=O)[C@H](Cc2c[nH]c3ccc(F)cc23)NC(=O)CNC1=O. The number of carbonyl (C=O) groups excluding carboxylic acids is 10. The summed E-state index contributed by atoms with van der Waals surface area (Å²) in [6.07, 6.45) is 4.19. The van der Waals surface area contributed by atoms with Crippen molar-refractivity contribution in [1.82, 2.24) is 57.1 Å². The molecule has 0 spiro atoms. The van der Waals surface area contributed by atoms with E-state index in [1.165, 1.54) is 66.1 Å². The second-order valence-electron chi connectivity index (χ2n) is 26.4. The van der Waals surface area contributed by atoms with Crippen LogP contribution in [0.1, 0.15) is 118 Å². The number of unbranched alkanes of at least 4 members (excludes halogenated alkanes) is 1. The summed E-state index contributed by atoms with van der Waals surface area (Å²) >= 11 is 0. The number of benzene rings is 3. The van der Waals surface area contributed by atoms with Gasteiger partial charge in [0.15, 0.2) is 5.78 Å². The van der Waals surface area contributed by atoms with Gasteiger partial charge in [0.05, 0.1) is 57.7 Å². The van der Waals surface area contributed by atoms with Crippen molar-refractivity contribution in [3.63, 3.8) is 0 Å². The number of amides is 9. The van der Waals surface area contributed by atoms with Crippen molar-refractivity contribution in [2.45, 2.75) is 171 Å². The van der Waals surface area contributed by atoms with E-state index in [1.54, 1.807) is 24.3 Å². The first-order valence-electron chi connectivity index (χ1n) is 34.1. The summed E-state index contributed by atoms with van der Waals surface area (Å²) in [4.78, 5) is 168.